The van der Waals surface area contributed by atoms with E-state index in [0.29, 0.717) is 28.1 Å². The van der Waals surface area contributed by atoms with E-state index in [-0.39, 0.29) is 11.5 Å². The predicted molar refractivity (Wildman–Crippen MR) is 111 cm³/mol. The highest BCUT2D eigenvalue weighted by molar-refractivity contribution is 6.24. The Morgan fingerprint density at radius 2 is 1.35 bits per heavy atom. The standard InChI is InChI=1S/C25H14F3NO2/c26-25(27,28)31-17-12-10-16(11-13-17)21-14-20(15-6-2-1-3-7-15)22-23(29-21)18-8-4-5-9-19(18)24(22)30/h1-14H. The summed E-state index contributed by atoms with van der Waals surface area (Å²) in [7, 11) is 0. The van der Waals surface area contributed by atoms with E-state index in [0.717, 1.165) is 16.7 Å². The molecule has 1 heterocycles. The summed E-state index contributed by atoms with van der Waals surface area (Å²) < 4.78 is 41.4. The van der Waals surface area contributed by atoms with Gasteiger partial charge in [0, 0.05) is 16.7 Å². The van der Waals surface area contributed by atoms with Crippen LogP contribution in [0.1, 0.15) is 15.9 Å². The molecule has 0 aliphatic heterocycles. The first kappa shape index (κ1) is 19.1. The van der Waals surface area contributed by atoms with Crippen LogP contribution >= 0.6 is 0 Å². The van der Waals surface area contributed by atoms with Crippen molar-refractivity contribution in [1.82, 2.24) is 4.98 Å². The number of hydrogen-bond donors (Lipinski definition) is 0. The lowest BCUT2D eigenvalue weighted by molar-refractivity contribution is -0.274. The molecule has 1 aliphatic carbocycles. The van der Waals surface area contributed by atoms with Crippen molar-refractivity contribution in [2.45, 2.75) is 6.36 Å². The van der Waals surface area contributed by atoms with E-state index in [1.54, 1.807) is 12.1 Å². The van der Waals surface area contributed by atoms with Gasteiger partial charge in [-0.1, -0.05) is 54.6 Å². The number of benzene rings is 3. The normalized spacial score (nSPS) is 12.4. The van der Waals surface area contributed by atoms with Crippen molar-refractivity contribution in [2.24, 2.45) is 0 Å². The molecular formula is C25H14F3NO2. The molecular weight excluding hydrogens is 403 g/mol. The lowest BCUT2D eigenvalue weighted by atomic mass is 9.96. The zero-order chi connectivity index (χ0) is 21.6. The number of ketones is 1. The van der Waals surface area contributed by atoms with E-state index < -0.39 is 6.36 Å². The highest BCUT2D eigenvalue weighted by atomic mass is 19.4. The summed E-state index contributed by atoms with van der Waals surface area (Å²) in [5.74, 6) is -0.390. The molecule has 3 nitrogen and oxygen atoms in total. The maximum Gasteiger partial charge on any atom is 0.573 e. The molecule has 0 saturated heterocycles. The van der Waals surface area contributed by atoms with Crippen molar-refractivity contribution in [3.8, 4) is 39.4 Å². The molecule has 0 atom stereocenters. The van der Waals surface area contributed by atoms with E-state index in [9.17, 15) is 18.0 Å². The van der Waals surface area contributed by atoms with Gasteiger partial charge in [0.15, 0.2) is 5.78 Å². The van der Waals surface area contributed by atoms with Crippen LogP contribution in [0.4, 0.5) is 13.2 Å². The molecule has 4 aromatic rings. The predicted octanol–water partition coefficient (Wildman–Crippen LogP) is 6.53. The molecule has 0 amide bonds. The fourth-order valence-corrected chi connectivity index (χ4v) is 3.81. The molecule has 6 heteroatoms. The van der Waals surface area contributed by atoms with E-state index >= 15 is 0 Å². The van der Waals surface area contributed by atoms with Crippen LogP contribution in [-0.4, -0.2) is 17.1 Å². The van der Waals surface area contributed by atoms with Crippen molar-refractivity contribution < 1.29 is 22.7 Å². The third-order valence-electron chi connectivity index (χ3n) is 5.14. The number of nitrogens with zero attached hydrogens (tertiary/aromatic N) is 1. The summed E-state index contributed by atoms with van der Waals surface area (Å²) in [6.07, 6.45) is -4.75. The van der Waals surface area contributed by atoms with Crippen LogP contribution in [0.2, 0.25) is 0 Å². The van der Waals surface area contributed by atoms with E-state index in [2.05, 4.69) is 4.74 Å². The number of aromatic nitrogens is 1. The Balaban J connectivity index is 1.68. The molecule has 0 saturated carbocycles. The van der Waals surface area contributed by atoms with Crippen LogP contribution in [-0.2, 0) is 0 Å². The molecule has 3 aromatic carbocycles. The zero-order valence-electron chi connectivity index (χ0n) is 16.0. The minimum atomic E-state index is -4.75. The zero-order valence-corrected chi connectivity index (χ0v) is 16.0. The maximum atomic E-state index is 13.1. The van der Waals surface area contributed by atoms with Gasteiger partial charge in [0.1, 0.15) is 5.75 Å². The molecule has 152 valence electrons. The number of fused-ring (bicyclic) bond motifs is 3. The molecule has 0 bridgehead atoms. The number of alkyl halides is 3. The molecule has 0 N–H and O–H groups in total. The van der Waals surface area contributed by atoms with Gasteiger partial charge < -0.3 is 4.74 Å². The van der Waals surface area contributed by atoms with Gasteiger partial charge in [-0.2, -0.15) is 0 Å². The maximum absolute atomic E-state index is 13.1. The number of halogens is 3. The van der Waals surface area contributed by atoms with Crippen LogP contribution < -0.4 is 4.74 Å². The summed E-state index contributed by atoms with van der Waals surface area (Å²) in [6, 6.07) is 24.1. The van der Waals surface area contributed by atoms with Crippen molar-refractivity contribution in [3.05, 3.63) is 96.1 Å². The monoisotopic (exact) mass is 417 g/mol. The Morgan fingerprint density at radius 1 is 0.710 bits per heavy atom. The number of carbonyl (C=O) groups excluding carboxylic acids is 1. The third-order valence-corrected chi connectivity index (χ3v) is 5.14. The van der Waals surface area contributed by atoms with Gasteiger partial charge in [0.2, 0.25) is 0 Å². The van der Waals surface area contributed by atoms with Gasteiger partial charge in [-0.05, 0) is 41.5 Å². The smallest absolute Gasteiger partial charge is 0.406 e. The second kappa shape index (κ2) is 7.09. The molecule has 1 aromatic heterocycles. The number of pyridine rings is 1. The van der Waals surface area contributed by atoms with Gasteiger partial charge in [-0.3, -0.25) is 4.79 Å². The Bertz CT molecular complexity index is 1300. The molecule has 31 heavy (non-hydrogen) atoms. The lowest BCUT2D eigenvalue weighted by Gasteiger charge is -2.12. The van der Waals surface area contributed by atoms with Crippen molar-refractivity contribution in [2.75, 3.05) is 0 Å². The third kappa shape index (κ3) is 3.46. The summed E-state index contributed by atoms with van der Waals surface area (Å²) in [5, 5.41) is 0. The largest absolute Gasteiger partial charge is 0.573 e. The molecule has 5 rings (SSSR count). The topological polar surface area (TPSA) is 39.2 Å². The summed E-state index contributed by atoms with van der Waals surface area (Å²) >= 11 is 0. The summed E-state index contributed by atoms with van der Waals surface area (Å²) in [4.78, 5) is 17.9. The summed E-state index contributed by atoms with van der Waals surface area (Å²) in [5.41, 5.74) is 5.22. The van der Waals surface area contributed by atoms with Crippen LogP contribution in [0.25, 0.3) is 33.6 Å². The molecule has 0 radical (unpaired) electrons. The van der Waals surface area contributed by atoms with E-state index in [1.807, 2.05) is 48.5 Å². The first-order chi connectivity index (χ1) is 14.9. The number of ether oxygens (including phenoxy) is 1. The molecule has 0 fully saturated rings. The van der Waals surface area contributed by atoms with Crippen LogP contribution in [0.5, 0.6) is 5.75 Å². The second-order valence-corrected chi connectivity index (χ2v) is 7.09. The molecule has 1 aliphatic rings. The van der Waals surface area contributed by atoms with Crippen molar-refractivity contribution in [1.29, 1.82) is 0 Å². The highest BCUT2D eigenvalue weighted by Crippen LogP contribution is 2.42. The minimum absolute atomic E-state index is 0.0857. The van der Waals surface area contributed by atoms with Gasteiger partial charge in [0.25, 0.3) is 0 Å². The van der Waals surface area contributed by atoms with Crippen molar-refractivity contribution >= 4 is 5.78 Å². The van der Waals surface area contributed by atoms with Crippen LogP contribution in [0, 0.1) is 0 Å². The Kier molecular flexibility index (Phi) is 4.36. The fraction of sp³-hybridized carbons (Fsp3) is 0.0400. The Labute approximate surface area is 175 Å². The first-order valence-corrected chi connectivity index (χ1v) is 9.51. The van der Waals surface area contributed by atoms with Gasteiger partial charge >= 0.3 is 6.36 Å². The van der Waals surface area contributed by atoms with Gasteiger partial charge in [-0.25, -0.2) is 4.98 Å². The second-order valence-electron chi connectivity index (χ2n) is 7.09. The quantitative estimate of drug-likeness (QED) is 0.335. The van der Waals surface area contributed by atoms with E-state index in [4.69, 9.17) is 4.98 Å². The van der Waals surface area contributed by atoms with E-state index in [1.165, 1.54) is 24.3 Å². The van der Waals surface area contributed by atoms with Gasteiger partial charge in [0.05, 0.1) is 17.0 Å². The first-order valence-electron chi connectivity index (χ1n) is 9.51. The van der Waals surface area contributed by atoms with Gasteiger partial charge in [-0.15, -0.1) is 13.2 Å². The van der Waals surface area contributed by atoms with Crippen LogP contribution in [0.3, 0.4) is 0 Å². The Hall–Kier alpha value is -3.93. The molecule has 0 unspecified atom stereocenters. The average molecular weight is 417 g/mol. The number of carbonyl (C=O) groups is 1. The highest BCUT2D eigenvalue weighted by Gasteiger charge is 2.32. The summed E-state index contributed by atoms with van der Waals surface area (Å²) in [6.45, 7) is 0. The fourth-order valence-electron chi connectivity index (χ4n) is 3.81. The minimum Gasteiger partial charge on any atom is -0.406 e. The number of hydrogen-bond acceptors (Lipinski definition) is 3. The number of rotatable bonds is 3. The average Bonchev–Trinajstić information content (AvgIpc) is 3.06. The lowest BCUT2D eigenvalue weighted by Crippen LogP contribution is -2.16. The van der Waals surface area contributed by atoms with Crippen molar-refractivity contribution in [3.63, 3.8) is 0 Å². The SMILES string of the molecule is O=C1c2ccccc2-c2nc(-c3ccc(OC(F)(F)F)cc3)cc(-c3ccccc3)c21. The van der Waals surface area contributed by atoms with Crippen LogP contribution in [0.15, 0.2) is 84.9 Å². The Morgan fingerprint density at radius 3 is 2.03 bits per heavy atom. The molecule has 0 spiro atoms.